The number of carbonyl (C=O) groups is 1. The van der Waals surface area contributed by atoms with Crippen molar-refractivity contribution in [3.63, 3.8) is 0 Å². The van der Waals surface area contributed by atoms with Crippen LogP contribution in [0.5, 0.6) is 0 Å². The Kier molecular flexibility index (Phi) is 3.70. The van der Waals surface area contributed by atoms with Gasteiger partial charge in [-0.2, -0.15) is 0 Å². The minimum absolute atomic E-state index is 0.387. The molecule has 0 N–H and O–H groups in total. The predicted molar refractivity (Wildman–Crippen MR) is 94.6 cm³/mol. The summed E-state index contributed by atoms with van der Waals surface area (Å²) >= 11 is 0. The van der Waals surface area contributed by atoms with Gasteiger partial charge in [-0.1, -0.05) is 18.9 Å². The maximum absolute atomic E-state index is 11.8. The fourth-order valence-corrected chi connectivity index (χ4v) is 7.25. The fraction of sp³-hybridized carbons (Fsp3) is 0.864. The zero-order valence-electron chi connectivity index (χ0n) is 15.1. The van der Waals surface area contributed by atoms with Gasteiger partial charge < -0.3 is 4.74 Å². The molecule has 0 aromatic rings. The second kappa shape index (κ2) is 5.69. The number of hydrogen-bond donors (Lipinski definition) is 0. The van der Waals surface area contributed by atoms with Crippen LogP contribution in [0.4, 0.5) is 0 Å². The van der Waals surface area contributed by atoms with E-state index in [1.807, 2.05) is 6.08 Å². The largest absolute Gasteiger partial charge is 0.378 e. The summed E-state index contributed by atoms with van der Waals surface area (Å²) in [5.41, 5.74) is 2.07. The predicted octanol–water partition coefficient (Wildman–Crippen LogP) is 4.92. The number of rotatable bonds is 0. The Balaban J connectivity index is 1.46. The summed E-state index contributed by atoms with van der Waals surface area (Å²) in [4.78, 5) is 11.8. The molecule has 4 aliphatic carbocycles. The lowest BCUT2D eigenvalue weighted by molar-refractivity contribution is -0.116. The average molecular weight is 328 g/mol. The fourth-order valence-electron chi connectivity index (χ4n) is 7.25. The molecule has 1 saturated heterocycles. The van der Waals surface area contributed by atoms with Crippen molar-refractivity contribution in [3.05, 3.63) is 11.6 Å². The highest BCUT2D eigenvalue weighted by Gasteiger charge is 2.58. The van der Waals surface area contributed by atoms with Gasteiger partial charge in [-0.25, -0.2) is 0 Å². The molecule has 0 amide bonds. The molecule has 3 saturated carbocycles. The van der Waals surface area contributed by atoms with Crippen LogP contribution in [0.15, 0.2) is 11.6 Å². The quantitative estimate of drug-likeness (QED) is 0.630. The Hall–Kier alpha value is -0.630. The lowest BCUT2D eigenvalue weighted by Crippen LogP contribution is -2.48. The van der Waals surface area contributed by atoms with Crippen molar-refractivity contribution < 1.29 is 9.53 Å². The van der Waals surface area contributed by atoms with Gasteiger partial charge in [0.1, 0.15) is 0 Å². The Labute approximate surface area is 146 Å². The molecule has 7 atom stereocenters. The van der Waals surface area contributed by atoms with Gasteiger partial charge in [-0.15, -0.1) is 0 Å². The van der Waals surface area contributed by atoms with Crippen LogP contribution in [-0.4, -0.2) is 18.5 Å². The van der Waals surface area contributed by atoms with Crippen molar-refractivity contribution in [1.29, 1.82) is 0 Å². The van der Waals surface area contributed by atoms with Crippen molar-refractivity contribution in [2.75, 3.05) is 6.61 Å². The van der Waals surface area contributed by atoms with Gasteiger partial charge in [0.05, 0.1) is 6.10 Å². The van der Waals surface area contributed by atoms with Crippen LogP contribution in [0.25, 0.3) is 0 Å². The minimum atomic E-state index is 0.387. The highest BCUT2D eigenvalue weighted by molar-refractivity contribution is 5.91. The van der Waals surface area contributed by atoms with E-state index < -0.39 is 0 Å². The summed E-state index contributed by atoms with van der Waals surface area (Å²) in [5, 5.41) is 0. The molecule has 2 heteroatoms. The first-order valence-electron chi connectivity index (χ1n) is 10.5. The smallest absolute Gasteiger partial charge is 0.155 e. The van der Waals surface area contributed by atoms with Gasteiger partial charge in [-0.3, -0.25) is 4.79 Å². The minimum Gasteiger partial charge on any atom is -0.378 e. The van der Waals surface area contributed by atoms with E-state index in [0.717, 1.165) is 49.0 Å². The number of fused-ring (bicyclic) bond motifs is 7. The molecular weight excluding hydrogens is 296 g/mol. The molecule has 0 radical (unpaired) electrons. The summed E-state index contributed by atoms with van der Waals surface area (Å²) in [6.07, 6.45) is 15.3. The zero-order valence-corrected chi connectivity index (χ0v) is 15.1. The summed E-state index contributed by atoms with van der Waals surface area (Å²) in [7, 11) is 0. The second-order valence-corrected chi connectivity index (χ2v) is 9.68. The standard InChI is InChI=1S/C22H32O2/c1-22-9-2-3-11-24-20-13-19(20)21(22)18-6-4-14-12-15(23)5-7-16(14)17(18)8-10-22/h12,16-21H,2-11,13H2,1H3/t16?,17?,18?,19?,20-,21?,22?/m1/s1. The Morgan fingerprint density at radius 2 is 1.96 bits per heavy atom. The molecule has 1 aliphatic heterocycles. The van der Waals surface area contributed by atoms with Crippen LogP contribution in [0.1, 0.15) is 71.1 Å². The van der Waals surface area contributed by atoms with Gasteiger partial charge in [0.25, 0.3) is 0 Å². The van der Waals surface area contributed by atoms with Crippen molar-refractivity contribution in [3.8, 4) is 0 Å². The molecule has 4 fully saturated rings. The average Bonchev–Trinajstić information content (AvgIpc) is 3.31. The Morgan fingerprint density at radius 3 is 2.88 bits per heavy atom. The van der Waals surface area contributed by atoms with Gasteiger partial charge in [0.15, 0.2) is 5.78 Å². The van der Waals surface area contributed by atoms with E-state index in [1.54, 1.807) is 0 Å². The van der Waals surface area contributed by atoms with E-state index in [4.69, 9.17) is 4.74 Å². The summed E-state index contributed by atoms with van der Waals surface area (Å²) in [6.45, 7) is 3.61. The van der Waals surface area contributed by atoms with Crippen LogP contribution in [0.2, 0.25) is 0 Å². The second-order valence-electron chi connectivity index (χ2n) is 9.68. The first-order valence-corrected chi connectivity index (χ1v) is 10.5. The summed E-state index contributed by atoms with van der Waals surface area (Å²) < 4.78 is 6.18. The van der Waals surface area contributed by atoms with Crippen LogP contribution < -0.4 is 0 Å². The molecule has 0 spiro atoms. The number of allylic oxidation sites excluding steroid dienone is 2. The summed E-state index contributed by atoms with van der Waals surface area (Å²) in [6, 6.07) is 0. The molecule has 5 aliphatic rings. The van der Waals surface area contributed by atoms with E-state index in [2.05, 4.69) is 6.92 Å². The molecule has 0 bridgehead atoms. The third kappa shape index (κ3) is 2.43. The van der Waals surface area contributed by atoms with Gasteiger partial charge in [0.2, 0.25) is 0 Å². The zero-order chi connectivity index (χ0) is 16.3. The molecular formula is C22H32O2. The van der Waals surface area contributed by atoms with Crippen LogP contribution in [-0.2, 0) is 9.53 Å². The molecule has 1 heterocycles. The lowest BCUT2D eigenvalue weighted by Gasteiger charge is -2.55. The van der Waals surface area contributed by atoms with Crippen LogP contribution in [0.3, 0.4) is 0 Å². The lowest BCUT2D eigenvalue weighted by atomic mass is 9.49. The maximum Gasteiger partial charge on any atom is 0.155 e. The molecule has 0 aromatic carbocycles. The normalized spacial score (nSPS) is 50.9. The highest BCUT2D eigenvalue weighted by atomic mass is 16.5. The van der Waals surface area contributed by atoms with Gasteiger partial charge in [-0.05, 0) is 92.4 Å². The SMILES string of the molecule is CC12CCCCO[C@@H]3CC3C1C1CCC3=CC(=O)CCC3C1CC2. The van der Waals surface area contributed by atoms with Crippen molar-refractivity contribution in [1.82, 2.24) is 0 Å². The molecule has 6 unspecified atom stereocenters. The van der Waals surface area contributed by atoms with Gasteiger partial charge >= 0.3 is 0 Å². The van der Waals surface area contributed by atoms with Gasteiger partial charge in [0, 0.05) is 13.0 Å². The monoisotopic (exact) mass is 328 g/mol. The number of ether oxygens (including phenoxy) is 1. The number of hydrogen-bond acceptors (Lipinski definition) is 2. The van der Waals surface area contributed by atoms with E-state index in [0.29, 0.717) is 17.3 Å². The first kappa shape index (κ1) is 15.6. The van der Waals surface area contributed by atoms with Crippen molar-refractivity contribution >= 4 is 5.78 Å². The topological polar surface area (TPSA) is 26.3 Å². The van der Waals surface area contributed by atoms with E-state index in [1.165, 1.54) is 56.9 Å². The molecule has 2 nitrogen and oxygen atoms in total. The highest BCUT2D eigenvalue weighted by Crippen LogP contribution is 2.64. The Morgan fingerprint density at radius 1 is 1.04 bits per heavy atom. The van der Waals surface area contributed by atoms with E-state index in [-0.39, 0.29) is 0 Å². The maximum atomic E-state index is 11.8. The third-order valence-corrected chi connectivity index (χ3v) is 8.39. The molecule has 132 valence electrons. The van der Waals surface area contributed by atoms with Crippen molar-refractivity contribution in [2.24, 2.45) is 35.0 Å². The number of ketones is 1. The van der Waals surface area contributed by atoms with Crippen LogP contribution >= 0.6 is 0 Å². The molecule has 24 heavy (non-hydrogen) atoms. The van der Waals surface area contributed by atoms with E-state index >= 15 is 0 Å². The first-order chi connectivity index (χ1) is 11.7. The third-order valence-electron chi connectivity index (χ3n) is 8.39. The van der Waals surface area contributed by atoms with Crippen molar-refractivity contribution in [2.45, 2.75) is 77.2 Å². The Bertz CT molecular complexity index is 564. The molecule has 5 rings (SSSR count). The molecule has 0 aromatic heterocycles. The van der Waals surface area contributed by atoms with E-state index in [9.17, 15) is 4.79 Å². The van der Waals surface area contributed by atoms with Crippen LogP contribution in [0, 0.1) is 35.0 Å². The summed E-state index contributed by atoms with van der Waals surface area (Å²) in [5.74, 6) is 4.61. The number of carbonyl (C=O) groups excluding carboxylic acids is 1.